The fraction of sp³-hybridized carbons (Fsp3) is 0.176. The fourth-order valence-corrected chi connectivity index (χ4v) is 6.96. The Balaban J connectivity index is 1.69. The highest BCUT2D eigenvalue weighted by atomic mass is 32.1. The number of nitrogens with zero attached hydrogens (tertiary/aromatic N) is 2. The molecule has 38 heavy (non-hydrogen) atoms. The van der Waals surface area contributed by atoms with Crippen LogP contribution in [-0.2, 0) is 12.5 Å². The van der Waals surface area contributed by atoms with Crippen molar-refractivity contribution in [1.82, 2.24) is 0 Å². The molecule has 0 aliphatic heterocycles. The quantitative estimate of drug-likeness (QED) is 0.211. The summed E-state index contributed by atoms with van der Waals surface area (Å²) in [5, 5.41) is 14.7. The van der Waals surface area contributed by atoms with Crippen LogP contribution in [0.2, 0.25) is 0 Å². The van der Waals surface area contributed by atoms with Crippen LogP contribution in [0.4, 0.5) is 4.39 Å². The molecule has 4 heteroatoms. The number of fused-ring (bicyclic) bond motifs is 4. The van der Waals surface area contributed by atoms with E-state index in [0.717, 1.165) is 53.5 Å². The molecule has 4 aromatic carbocycles. The Morgan fingerprint density at radius 1 is 0.842 bits per heavy atom. The summed E-state index contributed by atoms with van der Waals surface area (Å²) in [5.74, 6) is -0.192. The van der Waals surface area contributed by atoms with Gasteiger partial charge >= 0.3 is 0 Å². The van der Waals surface area contributed by atoms with Gasteiger partial charge in [-0.2, -0.15) is 9.83 Å². The zero-order valence-electron chi connectivity index (χ0n) is 22.2. The minimum Gasteiger partial charge on any atom is -0.200 e. The Morgan fingerprint density at radius 2 is 1.53 bits per heavy atom. The van der Waals surface area contributed by atoms with Crippen molar-refractivity contribution in [2.45, 2.75) is 33.1 Å². The van der Waals surface area contributed by atoms with Crippen LogP contribution in [0.3, 0.4) is 0 Å². The third-order valence-corrected chi connectivity index (χ3v) is 8.72. The van der Waals surface area contributed by atoms with Gasteiger partial charge in [0, 0.05) is 37.4 Å². The van der Waals surface area contributed by atoms with Crippen molar-refractivity contribution in [3.05, 3.63) is 102 Å². The molecule has 0 spiro atoms. The summed E-state index contributed by atoms with van der Waals surface area (Å²) < 4.78 is 19.2. The molecular weight excluding hydrogens is 487 g/mol. The third kappa shape index (κ3) is 3.78. The lowest BCUT2D eigenvalue weighted by molar-refractivity contribution is -0.662. The number of benzene rings is 4. The van der Waals surface area contributed by atoms with Crippen molar-refractivity contribution in [1.29, 1.82) is 5.26 Å². The van der Waals surface area contributed by atoms with E-state index < -0.39 is 0 Å². The van der Waals surface area contributed by atoms with E-state index in [1.807, 2.05) is 56.7 Å². The van der Waals surface area contributed by atoms with Crippen LogP contribution in [-0.4, -0.2) is 0 Å². The number of pyridine rings is 1. The van der Waals surface area contributed by atoms with E-state index in [0.29, 0.717) is 11.1 Å². The summed E-state index contributed by atoms with van der Waals surface area (Å²) in [5.41, 5.74) is 6.29. The lowest BCUT2D eigenvalue weighted by Crippen LogP contribution is -2.33. The first kappa shape index (κ1) is 24.3. The molecule has 6 aromatic rings. The molecule has 0 aliphatic rings. The summed E-state index contributed by atoms with van der Waals surface area (Å²) >= 11 is 1.72. The van der Waals surface area contributed by atoms with Crippen molar-refractivity contribution in [2.24, 2.45) is 7.05 Å². The van der Waals surface area contributed by atoms with Gasteiger partial charge in [0.1, 0.15) is 7.05 Å². The molecule has 0 unspecified atom stereocenters. The van der Waals surface area contributed by atoms with Gasteiger partial charge in [-0.1, -0.05) is 75.4 Å². The Morgan fingerprint density at radius 3 is 2.24 bits per heavy atom. The molecule has 0 aliphatic carbocycles. The number of hydrogen-bond donors (Lipinski definition) is 0. The first-order valence-corrected chi connectivity index (χ1v) is 13.6. The molecule has 6 rings (SSSR count). The molecule has 0 saturated carbocycles. The molecule has 0 bridgehead atoms. The summed E-state index contributed by atoms with van der Waals surface area (Å²) in [6, 6.07) is 27.5. The fourth-order valence-electron chi connectivity index (χ4n) is 5.48. The molecule has 0 atom stereocenters. The molecule has 2 nitrogen and oxygen atoms in total. The molecule has 186 valence electrons. The van der Waals surface area contributed by atoms with E-state index in [-0.39, 0.29) is 11.2 Å². The molecule has 0 saturated heterocycles. The zero-order chi connectivity index (χ0) is 26.8. The third-order valence-electron chi connectivity index (χ3n) is 7.47. The minimum atomic E-state index is -0.319. The van der Waals surface area contributed by atoms with Crippen LogP contribution in [0.15, 0.2) is 79.0 Å². The van der Waals surface area contributed by atoms with Crippen molar-refractivity contribution < 1.29 is 8.96 Å². The second-order valence-corrected chi connectivity index (χ2v) is 12.1. The Kier molecular flexibility index (Phi) is 5.59. The minimum absolute atomic E-state index is 0.192. The number of aromatic nitrogens is 1. The first-order chi connectivity index (χ1) is 18.2. The van der Waals surface area contributed by atoms with Crippen molar-refractivity contribution in [2.75, 3.05) is 0 Å². The van der Waals surface area contributed by atoms with Crippen LogP contribution >= 0.6 is 11.3 Å². The van der Waals surface area contributed by atoms with Gasteiger partial charge in [-0.05, 0) is 46.4 Å². The van der Waals surface area contributed by atoms with Crippen molar-refractivity contribution in [3.8, 4) is 28.5 Å². The second-order valence-electron chi connectivity index (χ2n) is 11.1. The van der Waals surface area contributed by atoms with E-state index in [1.165, 1.54) is 5.39 Å². The largest absolute Gasteiger partial charge is 0.214 e. The van der Waals surface area contributed by atoms with Gasteiger partial charge in [-0.15, -0.1) is 11.3 Å². The number of halogens is 1. The van der Waals surface area contributed by atoms with Gasteiger partial charge in [0.25, 0.3) is 0 Å². The standard InChI is InChI=1S/C34H28FN2S/c1-20-10-14-25-26-15-13-24(18-36)31(23-12-11-21-8-6-7-9-22(21)16-23)33(26)38-32(25)30(20)29-17-27(34(2,3)4)28(35)19-37(29)5/h6-17,19H,1-5H3/q+1. The molecule has 0 fully saturated rings. The van der Waals surface area contributed by atoms with Crippen molar-refractivity contribution >= 4 is 42.3 Å². The van der Waals surface area contributed by atoms with Gasteiger partial charge in [0.05, 0.1) is 17.2 Å². The normalized spacial score (nSPS) is 11.9. The SMILES string of the molecule is Cc1ccc2c(sc3c(-c4ccc5ccccc5c4)c(C#N)ccc32)c1-c1cc(C(C)(C)C)c(F)c[n+]1C. The van der Waals surface area contributed by atoms with Crippen molar-refractivity contribution in [3.63, 3.8) is 0 Å². The van der Waals surface area contributed by atoms with Gasteiger partial charge < -0.3 is 0 Å². The maximum Gasteiger partial charge on any atom is 0.214 e. The number of rotatable bonds is 2. The van der Waals surface area contributed by atoms with Crippen LogP contribution in [0.1, 0.15) is 37.5 Å². The van der Waals surface area contributed by atoms with Gasteiger partial charge in [0.15, 0.2) is 5.82 Å². The number of thiophene rings is 1. The average Bonchev–Trinajstić information content (AvgIpc) is 3.26. The highest BCUT2D eigenvalue weighted by Gasteiger charge is 2.27. The molecular formula is C34H28FN2S+. The van der Waals surface area contributed by atoms with Crippen LogP contribution < -0.4 is 4.57 Å². The van der Waals surface area contributed by atoms with E-state index >= 15 is 4.39 Å². The molecule has 0 N–H and O–H groups in total. The Bertz CT molecular complexity index is 1950. The molecule has 0 amide bonds. The monoisotopic (exact) mass is 515 g/mol. The number of aryl methyl sites for hydroxylation is 2. The second kappa shape index (κ2) is 8.75. The topological polar surface area (TPSA) is 27.7 Å². The number of nitriles is 1. The predicted molar refractivity (Wildman–Crippen MR) is 157 cm³/mol. The van der Waals surface area contributed by atoms with Gasteiger partial charge in [-0.25, -0.2) is 4.39 Å². The summed E-state index contributed by atoms with van der Waals surface area (Å²) in [4.78, 5) is 0. The van der Waals surface area contributed by atoms with Gasteiger partial charge in [-0.3, -0.25) is 0 Å². The lowest BCUT2D eigenvalue weighted by atomic mass is 9.86. The van der Waals surface area contributed by atoms with E-state index in [4.69, 9.17) is 0 Å². The predicted octanol–water partition coefficient (Wildman–Crippen LogP) is 8.98. The van der Waals surface area contributed by atoms with Crippen LogP contribution in [0, 0.1) is 24.1 Å². The maximum atomic E-state index is 15.0. The smallest absolute Gasteiger partial charge is 0.200 e. The average molecular weight is 516 g/mol. The first-order valence-electron chi connectivity index (χ1n) is 12.8. The van der Waals surface area contributed by atoms with E-state index in [1.54, 1.807) is 17.5 Å². The Labute approximate surface area is 226 Å². The van der Waals surface area contributed by atoms with E-state index in [2.05, 4.69) is 61.5 Å². The highest BCUT2D eigenvalue weighted by Crippen LogP contribution is 2.46. The summed E-state index contributed by atoms with van der Waals surface area (Å²) in [6.45, 7) is 8.24. The van der Waals surface area contributed by atoms with Gasteiger partial charge in [0.2, 0.25) is 11.9 Å². The van der Waals surface area contributed by atoms with E-state index in [9.17, 15) is 5.26 Å². The number of hydrogen-bond acceptors (Lipinski definition) is 2. The molecule has 2 heterocycles. The summed E-state index contributed by atoms with van der Waals surface area (Å²) in [7, 11) is 1.91. The van der Waals surface area contributed by atoms with Crippen LogP contribution in [0.25, 0.3) is 53.3 Å². The van der Waals surface area contributed by atoms with Crippen LogP contribution in [0.5, 0.6) is 0 Å². The lowest BCUT2D eigenvalue weighted by Gasteiger charge is -2.20. The molecule has 0 radical (unpaired) electrons. The Hall–Kier alpha value is -4.07. The highest BCUT2D eigenvalue weighted by molar-refractivity contribution is 7.27. The molecule has 2 aromatic heterocycles. The summed E-state index contributed by atoms with van der Waals surface area (Å²) in [6.07, 6.45) is 1.59. The zero-order valence-corrected chi connectivity index (χ0v) is 23.0. The maximum absolute atomic E-state index is 15.0.